The van der Waals surface area contributed by atoms with E-state index in [-0.39, 0.29) is 6.10 Å². The van der Waals surface area contributed by atoms with Gasteiger partial charge in [0.2, 0.25) is 0 Å². The third-order valence-electron chi connectivity index (χ3n) is 5.38. The molecule has 1 aliphatic heterocycles. The van der Waals surface area contributed by atoms with E-state index in [1.54, 1.807) is 0 Å². The number of ether oxygens (including phenoxy) is 2. The summed E-state index contributed by atoms with van der Waals surface area (Å²) in [5.41, 5.74) is 3.89. The average molecular weight is 451 g/mol. The van der Waals surface area contributed by atoms with Crippen molar-refractivity contribution in [2.45, 2.75) is 35.9 Å². The van der Waals surface area contributed by atoms with Crippen LogP contribution in [0.4, 0.5) is 0 Å². The van der Waals surface area contributed by atoms with Crippen LogP contribution in [0.2, 0.25) is 10.1 Å². The van der Waals surface area contributed by atoms with Crippen LogP contribution in [0.3, 0.4) is 0 Å². The van der Waals surface area contributed by atoms with Crippen LogP contribution < -0.4 is 0 Å². The minimum atomic E-state index is 0.270. The zero-order valence-electron chi connectivity index (χ0n) is 16.7. The molecule has 3 aromatic carbocycles. The molecule has 0 saturated carbocycles. The Balaban J connectivity index is 1.38. The monoisotopic (exact) mass is 452 g/mol. The van der Waals surface area contributed by atoms with Crippen LogP contribution in [0.15, 0.2) is 91.0 Å². The third-order valence-corrected chi connectivity index (χ3v) is 8.42. The zero-order chi connectivity index (χ0) is 19.7. The van der Waals surface area contributed by atoms with E-state index in [1.165, 1.54) is 22.0 Å². The quantitative estimate of drug-likeness (QED) is 0.396. The molecule has 29 heavy (non-hydrogen) atoms. The van der Waals surface area contributed by atoms with E-state index >= 15 is 0 Å². The van der Waals surface area contributed by atoms with Crippen molar-refractivity contribution in [2.75, 3.05) is 6.61 Å². The molecule has 0 aliphatic carbocycles. The van der Waals surface area contributed by atoms with Crippen LogP contribution in [0, 0.1) is 5.92 Å². The van der Waals surface area contributed by atoms with Crippen molar-refractivity contribution in [3.8, 4) is 0 Å². The van der Waals surface area contributed by atoms with Gasteiger partial charge in [0, 0.05) is 0 Å². The van der Waals surface area contributed by atoms with Crippen LogP contribution in [0.1, 0.15) is 16.7 Å². The molecule has 0 bridgehead atoms. The SMILES string of the molecule is c1ccc(COC[C@H]2[Se]CC(Cc3ccccc3)[C@H]2OCc2ccccc2)cc1. The fourth-order valence-electron chi connectivity index (χ4n) is 3.85. The van der Waals surface area contributed by atoms with Crippen LogP contribution in [0.25, 0.3) is 0 Å². The molecule has 3 aromatic rings. The standard InChI is InChI=1S/C26H28O2Se/c1-4-10-21(11-5-1)16-24-20-29-25(19-27-17-22-12-6-2-7-13-22)26(24)28-18-23-14-8-3-9-15-23/h1-15,24-26H,16-20H2/t24?,25-,26-/m1/s1. The molecule has 3 heteroatoms. The van der Waals surface area contributed by atoms with Gasteiger partial charge in [-0.25, -0.2) is 0 Å². The van der Waals surface area contributed by atoms with Crippen molar-refractivity contribution in [1.82, 2.24) is 0 Å². The topological polar surface area (TPSA) is 18.5 Å². The van der Waals surface area contributed by atoms with E-state index in [4.69, 9.17) is 9.47 Å². The molecule has 3 atom stereocenters. The van der Waals surface area contributed by atoms with Crippen molar-refractivity contribution in [3.05, 3.63) is 108 Å². The molecule has 1 saturated heterocycles. The van der Waals surface area contributed by atoms with Gasteiger partial charge in [-0.05, 0) is 0 Å². The summed E-state index contributed by atoms with van der Waals surface area (Å²) < 4.78 is 12.6. The second-order valence-corrected chi connectivity index (χ2v) is 10.3. The van der Waals surface area contributed by atoms with Crippen molar-refractivity contribution < 1.29 is 9.47 Å². The predicted octanol–water partition coefficient (Wildman–Crippen LogP) is 5.57. The molecule has 2 nitrogen and oxygen atoms in total. The Hall–Kier alpha value is -1.90. The van der Waals surface area contributed by atoms with Gasteiger partial charge in [-0.15, -0.1) is 0 Å². The summed E-state index contributed by atoms with van der Waals surface area (Å²) in [5, 5.41) is 1.26. The Labute approximate surface area is 180 Å². The molecular formula is C26H28O2Se. The summed E-state index contributed by atoms with van der Waals surface area (Å²) in [7, 11) is 0. The van der Waals surface area contributed by atoms with Gasteiger partial charge in [0.1, 0.15) is 0 Å². The Kier molecular flexibility index (Phi) is 7.56. The van der Waals surface area contributed by atoms with E-state index in [9.17, 15) is 0 Å². The first-order chi connectivity index (χ1) is 14.4. The molecule has 1 aliphatic rings. The summed E-state index contributed by atoms with van der Waals surface area (Å²) in [6, 6.07) is 31.8. The minimum absolute atomic E-state index is 0.270. The number of rotatable bonds is 9. The molecule has 1 unspecified atom stereocenters. The summed E-state index contributed by atoms with van der Waals surface area (Å²) in [6.07, 6.45) is 1.36. The summed E-state index contributed by atoms with van der Waals surface area (Å²) >= 11 is 0.553. The van der Waals surface area contributed by atoms with Gasteiger partial charge in [-0.2, -0.15) is 0 Å². The molecule has 4 rings (SSSR count). The van der Waals surface area contributed by atoms with Crippen LogP contribution in [-0.4, -0.2) is 27.7 Å². The van der Waals surface area contributed by atoms with Gasteiger partial charge < -0.3 is 0 Å². The first-order valence-corrected chi connectivity index (χ1v) is 12.5. The average Bonchev–Trinajstić information content (AvgIpc) is 3.16. The Bertz CT molecular complexity index is 838. The Morgan fingerprint density at radius 2 is 1.24 bits per heavy atom. The number of hydrogen-bond acceptors (Lipinski definition) is 2. The molecule has 1 fully saturated rings. The fraction of sp³-hybridized carbons (Fsp3) is 0.308. The van der Waals surface area contributed by atoms with Crippen molar-refractivity contribution in [2.24, 2.45) is 5.92 Å². The zero-order valence-corrected chi connectivity index (χ0v) is 18.4. The first kappa shape index (κ1) is 20.4. The van der Waals surface area contributed by atoms with Gasteiger partial charge in [-0.3, -0.25) is 0 Å². The van der Waals surface area contributed by atoms with E-state index in [1.807, 2.05) is 6.07 Å². The second-order valence-electron chi connectivity index (χ2n) is 7.58. The molecule has 0 spiro atoms. The van der Waals surface area contributed by atoms with Gasteiger partial charge in [0.25, 0.3) is 0 Å². The normalized spacial score (nSPS) is 21.3. The van der Waals surface area contributed by atoms with E-state index in [0.717, 1.165) is 13.0 Å². The summed E-state index contributed by atoms with van der Waals surface area (Å²) in [4.78, 5) is 0.517. The van der Waals surface area contributed by atoms with Crippen molar-refractivity contribution >= 4 is 15.0 Å². The Morgan fingerprint density at radius 3 is 1.86 bits per heavy atom. The fourth-order valence-corrected chi connectivity index (χ4v) is 6.97. The molecule has 150 valence electrons. The first-order valence-electron chi connectivity index (χ1n) is 10.3. The maximum absolute atomic E-state index is 6.52. The molecule has 0 radical (unpaired) electrons. The summed E-state index contributed by atoms with van der Waals surface area (Å²) in [6.45, 7) is 2.16. The van der Waals surface area contributed by atoms with Gasteiger partial charge in [0.05, 0.1) is 0 Å². The van der Waals surface area contributed by atoms with Crippen LogP contribution >= 0.6 is 0 Å². The molecule has 0 aromatic heterocycles. The van der Waals surface area contributed by atoms with Crippen LogP contribution in [-0.2, 0) is 29.1 Å². The van der Waals surface area contributed by atoms with Crippen molar-refractivity contribution in [3.63, 3.8) is 0 Å². The Morgan fingerprint density at radius 1 is 0.690 bits per heavy atom. The van der Waals surface area contributed by atoms with E-state index in [0.29, 0.717) is 38.9 Å². The number of hydrogen-bond donors (Lipinski definition) is 0. The van der Waals surface area contributed by atoms with Gasteiger partial charge in [0.15, 0.2) is 0 Å². The van der Waals surface area contributed by atoms with Gasteiger partial charge in [-0.1, -0.05) is 0 Å². The van der Waals surface area contributed by atoms with Crippen molar-refractivity contribution in [1.29, 1.82) is 0 Å². The predicted molar refractivity (Wildman–Crippen MR) is 119 cm³/mol. The summed E-state index contributed by atoms with van der Waals surface area (Å²) in [5.74, 6) is 0.575. The molecule has 0 N–H and O–H groups in total. The van der Waals surface area contributed by atoms with Crippen LogP contribution in [0.5, 0.6) is 0 Å². The molecule has 0 amide bonds. The maximum atomic E-state index is 6.52. The number of benzene rings is 3. The molecular weight excluding hydrogens is 423 g/mol. The van der Waals surface area contributed by atoms with E-state index in [2.05, 4.69) is 84.9 Å². The van der Waals surface area contributed by atoms with E-state index < -0.39 is 0 Å². The molecule has 1 heterocycles. The van der Waals surface area contributed by atoms with Gasteiger partial charge >= 0.3 is 181 Å². The second kappa shape index (κ2) is 10.8. The third kappa shape index (κ3) is 6.04.